The van der Waals surface area contributed by atoms with Crippen molar-refractivity contribution in [1.82, 2.24) is 0 Å². The van der Waals surface area contributed by atoms with Crippen LogP contribution >= 0.6 is 0 Å². The predicted molar refractivity (Wildman–Crippen MR) is 81.9 cm³/mol. The molecule has 0 saturated heterocycles. The van der Waals surface area contributed by atoms with Crippen LogP contribution < -0.4 is 11.5 Å². The van der Waals surface area contributed by atoms with E-state index in [0.717, 1.165) is 25.7 Å². The summed E-state index contributed by atoms with van der Waals surface area (Å²) in [5.74, 6) is 0. The molecule has 0 aliphatic heterocycles. The standard InChI is InChI=1S/C14H30N4O2/c15-13(16)19-11-9-7-5-3-1-2-4-6-8-10-12-20-14(17)18/h1-12H2,(H3,15,16)(H3,17,18). The van der Waals surface area contributed by atoms with Crippen LogP contribution in [0.4, 0.5) is 0 Å². The van der Waals surface area contributed by atoms with E-state index in [1.54, 1.807) is 0 Å². The van der Waals surface area contributed by atoms with Crippen molar-refractivity contribution in [3.63, 3.8) is 0 Å². The molecule has 0 saturated carbocycles. The van der Waals surface area contributed by atoms with Crippen LogP contribution in [0.5, 0.6) is 0 Å². The van der Waals surface area contributed by atoms with Gasteiger partial charge in [-0.1, -0.05) is 51.4 Å². The minimum Gasteiger partial charge on any atom is -0.466 e. The van der Waals surface area contributed by atoms with E-state index < -0.39 is 0 Å². The van der Waals surface area contributed by atoms with E-state index in [1.807, 2.05) is 0 Å². The van der Waals surface area contributed by atoms with Crippen LogP contribution in [-0.4, -0.2) is 25.3 Å². The van der Waals surface area contributed by atoms with Gasteiger partial charge in [-0.2, -0.15) is 0 Å². The summed E-state index contributed by atoms with van der Waals surface area (Å²) in [7, 11) is 0. The summed E-state index contributed by atoms with van der Waals surface area (Å²) >= 11 is 0. The van der Waals surface area contributed by atoms with Crippen LogP contribution in [0.15, 0.2) is 0 Å². The molecule has 6 nitrogen and oxygen atoms in total. The smallest absolute Gasteiger partial charge is 0.278 e. The maximum Gasteiger partial charge on any atom is 0.278 e. The summed E-state index contributed by atoms with van der Waals surface area (Å²) in [4.78, 5) is 0. The van der Waals surface area contributed by atoms with Crippen molar-refractivity contribution in [3.05, 3.63) is 0 Å². The molecule has 0 radical (unpaired) electrons. The average Bonchev–Trinajstić information content (AvgIpc) is 2.38. The molecule has 0 amide bonds. The molecule has 0 aromatic carbocycles. The topological polar surface area (TPSA) is 118 Å². The fourth-order valence-corrected chi connectivity index (χ4v) is 1.98. The highest BCUT2D eigenvalue weighted by Crippen LogP contribution is 2.10. The molecule has 0 spiro atoms. The lowest BCUT2D eigenvalue weighted by Gasteiger charge is -2.04. The number of hydrogen-bond acceptors (Lipinski definition) is 4. The third-order valence-corrected chi connectivity index (χ3v) is 3.05. The zero-order valence-electron chi connectivity index (χ0n) is 12.5. The largest absolute Gasteiger partial charge is 0.466 e. The summed E-state index contributed by atoms with van der Waals surface area (Å²) in [5, 5.41) is 13.8. The Labute approximate surface area is 122 Å². The minimum absolute atomic E-state index is 0.182. The Morgan fingerprint density at radius 3 is 1.05 bits per heavy atom. The lowest BCUT2D eigenvalue weighted by Crippen LogP contribution is -2.14. The highest BCUT2D eigenvalue weighted by atomic mass is 16.5. The van der Waals surface area contributed by atoms with Crippen LogP contribution in [0, 0.1) is 10.8 Å². The molecule has 118 valence electrons. The Bertz CT molecular complexity index is 234. The minimum atomic E-state index is -0.182. The summed E-state index contributed by atoms with van der Waals surface area (Å²) in [6.45, 7) is 1.13. The average molecular weight is 286 g/mol. The molecule has 0 aromatic rings. The molecular formula is C14H30N4O2. The van der Waals surface area contributed by atoms with Gasteiger partial charge in [-0.05, 0) is 12.8 Å². The van der Waals surface area contributed by atoms with Gasteiger partial charge in [0.05, 0.1) is 13.2 Å². The quantitative estimate of drug-likeness (QED) is 0.236. The van der Waals surface area contributed by atoms with Gasteiger partial charge in [0.25, 0.3) is 12.0 Å². The molecule has 0 rings (SSSR count). The van der Waals surface area contributed by atoms with Crippen molar-refractivity contribution in [2.45, 2.75) is 64.2 Å². The first-order valence-corrected chi connectivity index (χ1v) is 7.56. The normalized spacial score (nSPS) is 10.2. The van der Waals surface area contributed by atoms with E-state index in [4.69, 9.17) is 31.8 Å². The fourth-order valence-electron chi connectivity index (χ4n) is 1.98. The van der Waals surface area contributed by atoms with E-state index in [1.165, 1.54) is 38.5 Å². The highest BCUT2D eigenvalue weighted by molar-refractivity contribution is 5.67. The number of amidine groups is 2. The molecule has 6 heteroatoms. The van der Waals surface area contributed by atoms with Crippen molar-refractivity contribution in [1.29, 1.82) is 10.8 Å². The zero-order chi connectivity index (χ0) is 15.1. The van der Waals surface area contributed by atoms with Crippen molar-refractivity contribution in [2.24, 2.45) is 11.5 Å². The summed E-state index contributed by atoms with van der Waals surface area (Å²) in [6, 6.07) is -0.364. The number of nitrogens with one attached hydrogen (secondary N) is 2. The van der Waals surface area contributed by atoms with Crippen molar-refractivity contribution < 1.29 is 9.47 Å². The van der Waals surface area contributed by atoms with E-state index in [9.17, 15) is 0 Å². The Morgan fingerprint density at radius 2 is 0.800 bits per heavy atom. The second-order valence-electron chi connectivity index (χ2n) is 4.96. The molecule has 20 heavy (non-hydrogen) atoms. The van der Waals surface area contributed by atoms with Gasteiger partial charge < -0.3 is 20.9 Å². The van der Waals surface area contributed by atoms with E-state index in [2.05, 4.69) is 0 Å². The van der Waals surface area contributed by atoms with Gasteiger partial charge >= 0.3 is 0 Å². The summed E-state index contributed by atoms with van der Waals surface area (Å²) in [5.41, 5.74) is 10.2. The zero-order valence-corrected chi connectivity index (χ0v) is 12.5. The van der Waals surface area contributed by atoms with Crippen LogP contribution in [0.3, 0.4) is 0 Å². The Morgan fingerprint density at radius 1 is 0.550 bits per heavy atom. The number of rotatable bonds is 13. The monoisotopic (exact) mass is 286 g/mol. The summed E-state index contributed by atoms with van der Waals surface area (Å²) < 4.78 is 9.76. The second-order valence-corrected chi connectivity index (χ2v) is 4.96. The van der Waals surface area contributed by atoms with Gasteiger partial charge in [-0.15, -0.1) is 0 Å². The first-order valence-electron chi connectivity index (χ1n) is 7.56. The van der Waals surface area contributed by atoms with Crippen molar-refractivity contribution >= 4 is 12.0 Å². The number of unbranched alkanes of at least 4 members (excludes halogenated alkanes) is 9. The molecule has 0 unspecified atom stereocenters. The predicted octanol–water partition coefficient (Wildman–Crippen LogP) is 2.71. The molecule has 0 aliphatic rings. The van der Waals surface area contributed by atoms with Gasteiger partial charge in [-0.3, -0.25) is 10.8 Å². The molecule has 0 bridgehead atoms. The van der Waals surface area contributed by atoms with Crippen LogP contribution in [0.1, 0.15) is 64.2 Å². The maximum atomic E-state index is 6.90. The lowest BCUT2D eigenvalue weighted by molar-refractivity contribution is 0.283. The fraction of sp³-hybridized carbons (Fsp3) is 0.857. The second kappa shape index (κ2) is 14.0. The van der Waals surface area contributed by atoms with E-state index in [0.29, 0.717) is 13.2 Å². The van der Waals surface area contributed by atoms with E-state index >= 15 is 0 Å². The Hall–Kier alpha value is -1.46. The van der Waals surface area contributed by atoms with Crippen LogP contribution in [-0.2, 0) is 9.47 Å². The lowest BCUT2D eigenvalue weighted by atomic mass is 10.1. The first kappa shape index (κ1) is 18.5. The molecule has 0 aliphatic carbocycles. The van der Waals surface area contributed by atoms with Gasteiger partial charge in [0, 0.05) is 0 Å². The van der Waals surface area contributed by atoms with Crippen molar-refractivity contribution in [3.8, 4) is 0 Å². The Balaban J connectivity index is 2.99. The number of nitrogens with two attached hydrogens (primary N) is 2. The number of hydrogen-bond donors (Lipinski definition) is 4. The number of ether oxygens (including phenoxy) is 2. The van der Waals surface area contributed by atoms with Gasteiger partial charge in [0.1, 0.15) is 0 Å². The molecular weight excluding hydrogens is 256 g/mol. The van der Waals surface area contributed by atoms with Crippen molar-refractivity contribution in [2.75, 3.05) is 13.2 Å². The summed E-state index contributed by atoms with van der Waals surface area (Å²) in [6.07, 6.45) is 11.8. The van der Waals surface area contributed by atoms with Gasteiger partial charge in [0.2, 0.25) is 0 Å². The highest BCUT2D eigenvalue weighted by Gasteiger charge is 1.95. The van der Waals surface area contributed by atoms with E-state index in [-0.39, 0.29) is 12.0 Å². The third-order valence-electron chi connectivity index (χ3n) is 3.05. The molecule has 0 fully saturated rings. The Kier molecular flexibility index (Phi) is 12.9. The molecule has 0 aromatic heterocycles. The van der Waals surface area contributed by atoms with Crippen LogP contribution in [0.25, 0.3) is 0 Å². The first-order chi connectivity index (χ1) is 9.63. The van der Waals surface area contributed by atoms with Gasteiger partial charge in [0.15, 0.2) is 0 Å². The SMILES string of the molecule is N=C(N)OCCCCCCCCCCCCOC(=N)N. The third kappa shape index (κ3) is 16.5. The van der Waals surface area contributed by atoms with Gasteiger partial charge in [-0.25, -0.2) is 0 Å². The van der Waals surface area contributed by atoms with Crippen LogP contribution in [0.2, 0.25) is 0 Å². The molecule has 0 atom stereocenters. The molecule has 0 heterocycles. The molecule has 6 N–H and O–H groups in total. The maximum absolute atomic E-state index is 6.90.